The Labute approximate surface area is 202 Å². The number of aromatic carboxylic acids is 1. The van der Waals surface area contributed by atoms with Gasteiger partial charge in [-0.1, -0.05) is 48.5 Å². The fraction of sp³-hybridized carbons (Fsp3) is 0.222. The molecule has 0 aliphatic heterocycles. The molecule has 3 N–H and O–H groups in total. The molecule has 3 aromatic carbocycles. The standard InChI is InChI=1S/C27H26N2O6/c1-34-19(14-25(30)29-18-12-10-17(11-13-18)26(31)32)15-28-27(33)35-16-24-22-8-4-2-6-20(22)21-7-3-5-9-23(21)24/h2-13,19,24H,14-16H2,1H3,(H,28,33)(H,29,30)(H,31,32). The molecule has 0 saturated heterocycles. The lowest BCUT2D eigenvalue weighted by Crippen LogP contribution is -2.36. The zero-order chi connectivity index (χ0) is 24.8. The van der Waals surface area contributed by atoms with Gasteiger partial charge in [0.25, 0.3) is 0 Å². The van der Waals surface area contributed by atoms with E-state index in [0.29, 0.717) is 5.69 Å². The van der Waals surface area contributed by atoms with Gasteiger partial charge in [0.15, 0.2) is 0 Å². The molecule has 180 valence electrons. The molecule has 8 heteroatoms. The van der Waals surface area contributed by atoms with Gasteiger partial charge in [0.1, 0.15) is 6.61 Å². The molecule has 3 aromatic rings. The minimum atomic E-state index is -1.04. The number of methoxy groups -OCH3 is 1. The molecule has 35 heavy (non-hydrogen) atoms. The molecule has 0 spiro atoms. The van der Waals surface area contributed by atoms with Gasteiger partial charge in [0.2, 0.25) is 5.91 Å². The van der Waals surface area contributed by atoms with Crippen molar-refractivity contribution in [3.8, 4) is 11.1 Å². The fourth-order valence-corrected chi connectivity index (χ4v) is 4.20. The van der Waals surface area contributed by atoms with E-state index in [0.717, 1.165) is 22.3 Å². The molecule has 0 bridgehead atoms. The van der Waals surface area contributed by atoms with Crippen molar-refractivity contribution in [3.05, 3.63) is 89.5 Å². The Hall–Kier alpha value is -4.17. The van der Waals surface area contributed by atoms with Crippen LogP contribution in [0, 0.1) is 0 Å². The number of amides is 2. The number of anilines is 1. The van der Waals surface area contributed by atoms with Crippen LogP contribution >= 0.6 is 0 Å². The molecule has 0 saturated carbocycles. The van der Waals surface area contributed by atoms with Crippen LogP contribution in [-0.4, -0.2) is 49.4 Å². The zero-order valence-corrected chi connectivity index (χ0v) is 19.2. The highest BCUT2D eigenvalue weighted by atomic mass is 16.5. The second-order valence-corrected chi connectivity index (χ2v) is 8.20. The molecule has 0 aromatic heterocycles. The zero-order valence-electron chi connectivity index (χ0n) is 19.2. The third-order valence-electron chi connectivity index (χ3n) is 5.98. The van der Waals surface area contributed by atoms with Crippen molar-refractivity contribution in [1.29, 1.82) is 0 Å². The Morgan fingerprint density at radius 1 is 0.914 bits per heavy atom. The molecule has 1 aliphatic rings. The summed E-state index contributed by atoms with van der Waals surface area (Å²) in [4.78, 5) is 35.6. The van der Waals surface area contributed by atoms with Crippen molar-refractivity contribution < 1.29 is 29.0 Å². The average Bonchev–Trinajstić information content (AvgIpc) is 3.19. The van der Waals surface area contributed by atoms with Gasteiger partial charge in [-0.2, -0.15) is 0 Å². The highest BCUT2D eigenvalue weighted by molar-refractivity contribution is 5.92. The molecular weight excluding hydrogens is 448 g/mol. The molecule has 1 aliphatic carbocycles. The number of alkyl carbamates (subject to hydrolysis) is 1. The normalized spacial score (nSPS) is 12.8. The summed E-state index contributed by atoms with van der Waals surface area (Å²) in [5, 5.41) is 14.3. The average molecular weight is 475 g/mol. The molecule has 0 fully saturated rings. The Bertz CT molecular complexity index is 1180. The van der Waals surface area contributed by atoms with E-state index >= 15 is 0 Å². The van der Waals surface area contributed by atoms with E-state index in [1.54, 1.807) is 0 Å². The van der Waals surface area contributed by atoms with Gasteiger partial charge < -0.3 is 25.2 Å². The SMILES string of the molecule is COC(CNC(=O)OCC1c2ccccc2-c2ccccc21)CC(=O)Nc1ccc(C(=O)O)cc1. The number of hydrogen-bond donors (Lipinski definition) is 3. The van der Waals surface area contributed by atoms with Crippen molar-refractivity contribution >= 4 is 23.7 Å². The van der Waals surface area contributed by atoms with Gasteiger partial charge >= 0.3 is 12.1 Å². The van der Waals surface area contributed by atoms with Crippen molar-refractivity contribution in [3.63, 3.8) is 0 Å². The molecule has 2 amide bonds. The summed E-state index contributed by atoms with van der Waals surface area (Å²) in [6.45, 7) is 0.295. The molecule has 0 heterocycles. The van der Waals surface area contributed by atoms with Crippen LogP contribution in [0.4, 0.5) is 10.5 Å². The van der Waals surface area contributed by atoms with Crippen molar-refractivity contribution in [2.75, 3.05) is 25.6 Å². The second kappa shape index (κ2) is 10.8. The van der Waals surface area contributed by atoms with E-state index in [4.69, 9.17) is 14.6 Å². The minimum absolute atomic E-state index is 0.000831. The van der Waals surface area contributed by atoms with Crippen LogP contribution in [0.3, 0.4) is 0 Å². The van der Waals surface area contributed by atoms with Gasteiger partial charge in [-0.15, -0.1) is 0 Å². The van der Waals surface area contributed by atoms with Gasteiger partial charge in [0.05, 0.1) is 18.1 Å². The van der Waals surface area contributed by atoms with Crippen molar-refractivity contribution in [1.82, 2.24) is 5.32 Å². The lowest BCUT2D eigenvalue weighted by Gasteiger charge is -2.17. The second-order valence-electron chi connectivity index (χ2n) is 8.20. The first-order valence-electron chi connectivity index (χ1n) is 11.2. The van der Waals surface area contributed by atoms with E-state index in [9.17, 15) is 14.4 Å². The third-order valence-corrected chi connectivity index (χ3v) is 5.98. The van der Waals surface area contributed by atoms with Crippen LogP contribution in [-0.2, 0) is 14.3 Å². The lowest BCUT2D eigenvalue weighted by molar-refractivity contribution is -0.118. The highest BCUT2D eigenvalue weighted by Gasteiger charge is 2.29. The Morgan fingerprint density at radius 3 is 2.09 bits per heavy atom. The van der Waals surface area contributed by atoms with Crippen LogP contribution in [0.15, 0.2) is 72.8 Å². The molecule has 4 rings (SSSR count). The summed E-state index contributed by atoms with van der Waals surface area (Å²) in [6, 6.07) is 22.0. The van der Waals surface area contributed by atoms with E-state index in [2.05, 4.69) is 34.9 Å². The maximum atomic E-state index is 12.4. The van der Waals surface area contributed by atoms with Crippen molar-refractivity contribution in [2.24, 2.45) is 0 Å². The van der Waals surface area contributed by atoms with E-state index in [1.165, 1.54) is 31.4 Å². The topological polar surface area (TPSA) is 114 Å². The van der Waals surface area contributed by atoms with Crippen LogP contribution in [0.2, 0.25) is 0 Å². The van der Waals surface area contributed by atoms with Gasteiger partial charge in [-0.25, -0.2) is 9.59 Å². The monoisotopic (exact) mass is 474 g/mol. The number of ether oxygens (including phenoxy) is 2. The Kier molecular flexibility index (Phi) is 7.42. The minimum Gasteiger partial charge on any atom is -0.478 e. The number of carboxylic acids is 1. The lowest BCUT2D eigenvalue weighted by atomic mass is 9.98. The highest BCUT2D eigenvalue weighted by Crippen LogP contribution is 2.44. The summed E-state index contributed by atoms with van der Waals surface area (Å²) in [5.41, 5.74) is 5.17. The smallest absolute Gasteiger partial charge is 0.407 e. The third kappa shape index (κ3) is 5.67. The van der Waals surface area contributed by atoms with Gasteiger partial charge in [-0.05, 0) is 46.5 Å². The summed E-state index contributed by atoms with van der Waals surface area (Å²) in [6.07, 6.45) is -1.15. The summed E-state index contributed by atoms with van der Waals surface area (Å²) >= 11 is 0. The Morgan fingerprint density at radius 2 is 1.51 bits per heavy atom. The molecule has 0 radical (unpaired) electrons. The van der Waals surface area contributed by atoms with Crippen molar-refractivity contribution in [2.45, 2.75) is 18.4 Å². The molecule has 8 nitrogen and oxygen atoms in total. The first-order valence-corrected chi connectivity index (χ1v) is 11.2. The summed E-state index contributed by atoms with van der Waals surface area (Å²) in [7, 11) is 1.46. The van der Waals surface area contributed by atoms with Gasteiger partial charge in [0, 0.05) is 25.3 Å². The van der Waals surface area contributed by atoms with E-state index in [-0.39, 0.29) is 37.0 Å². The number of fused-ring (bicyclic) bond motifs is 3. The molecule has 1 unspecified atom stereocenters. The molecular formula is C27H26N2O6. The number of carbonyl (C=O) groups excluding carboxylic acids is 2. The quantitative estimate of drug-likeness (QED) is 0.427. The summed E-state index contributed by atoms with van der Waals surface area (Å²) in [5.74, 6) is -1.40. The first-order chi connectivity index (χ1) is 17.0. The predicted octanol–water partition coefficient (Wildman–Crippen LogP) is 4.27. The van der Waals surface area contributed by atoms with E-state index in [1.807, 2.05) is 24.3 Å². The van der Waals surface area contributed by atoms with Gasteiger partial charge in [-0.3, -0.25) is 4.79 Å². The first kappa shape index (κ1) is 24.0. The number of carboxylic acid groups (broad SMARTS) is 1. The van der Waals surface area contributed by atoms with Crippen LogP contribution in [0.25, 0.3) is 11.1 Å². The number of rotatable bonds is 9. The fourth-order valence-electron chi connectivity index (χ4n) is 4.20. The summed E-state index contributed by atoms with van der Waals surface area (Å²) < 4.78 is 10.8. The van der Waals surface area contributed by atoms with Crippen LogP contribution in [0.5, 0.6) is 0 Å². The molecule has 1 atom stereocenters. The maximum absolute atomic E-state index is 12.4. The maximum Gasteiger partial charge on any atom is 0.407 e. The number of nitrogens with one attached hydrogen (secondary N) is 2. The number of carbonyl (C=O) groups is 3. The van der Waals surface area contributed by atoms with Crippen LogP contribution in [0.1, 0.15) is 33.8 Å². The number of hydrogen-bond acceptors (Lipinski definition) is 5. The predicted molar refractivity (Wildman–Crippen MR) is 131 cm³/mol. The van der Waals surface area contributed by atoms with E-state index < -0.39 is 18.2 Å². The Balaban J connectivity index is 1.26. The largest absolute Gasteiger partial charge is 0.478 e. The number of benzene rings is 3. The van der Waals surface area contributed by atoms with Crippen LogP contribution < -0.4 is 10.6 Å².